The number of hydrogen-bond acceptors (Lipinski definition) is 5. The molecule has 2 fully saturated rings. The van der Waals surface area contributed by atoms with Crippen LogP contribution < -0.4 is 18.9 Å². The van der Waals surface area contributed by atoms with Crippen molar-refractivity contribution in [2.75, 3.05) is 34.0 Å². The molecule has 0 spiro atoms. The van der Waals surface area contributed by atoms with E-state index in [2.05, 4.69) is 9.44 Å². The summed E-state index contributed by atoms with van der Waals surface area (Å²) in [7, 11) is -0.330. The van der Waals surface area contributed by atoms with Crippen LogP contribution in [0, 0.1) is 0 Å². The standard InChI is InChI=1S/C19H30N2O5S/c1-24-17-8-7-15(13-18(17)25-2)19(9-11-26-12-10-19)14-20-27(22,23)21-16-5-3-4-6-16/h7-8,13,16,20-21H,3-6,9-12,14H2,1-2H3. The third kappa shape index (κ3) is 4.93. The van der Waals surface area contributed by atoms with Crippen molar-refractivity contribution in [1.29, 1.82) is 0 Å². The Hall–Kier alpha value is -1.35. The molecular weight excluding hydrogens is 368 g/mol. The van der Waals surface area contributed by atoms with Crippen molar-refractivity contribution >= 4 is 10.2 Å². The van der Waals surface area contributed by atoms with Crippen molar-refractivity contribution in [3.63, 3.8) is 0 Å². The van der Waals surface area contributed by atoms with Crippen molar-refractivity contribution in [3.05, 3.63) is 23.8 Å². The van der Waals surface area contributed by atoms with E-state index >= 15 is 0 Å². The number of hydrogen-bond donors (Lipinski definition) is 2. The van der Waals surface area contributed by atoms with Crippen LogP contribution in [0.1, 0.15) is 44.1 Å². The number of ether oxygens (including phenoxy) is 3. The minimum absolute atomic E-state index is 0.0502. The van der Waals surface area contributed by atoms with E-state index in [0.717, 1.165) is 44.1 Å². The number of methoxy groups -OCH3 is 2. The lowest BCUT2D eigenvalue weighted by Gasteiger charge is -2.38. The fourth-order valence-corrected chi connectivity index (χ4v) is 5.26. The topological polar surface area (TPSA) is 85.9 Å². The summed E-state index contributed by atoms with van der Waals surface area (Å²) in [5.74, 6) is 1.31. The first-order valence-corrected chi connectivity index (χ1v) is 11.0. The number of benzene rings is 1. The van der Waals surface area contributed by atoms with E-state index in [1.54, 1.807) is 14.2 Å². The molecule has 0 radical (unpaired) electrons. The van der Waals surface area contributed by atoms with E-state index in [4.69, 9.17) is 14.2 Å². The van der Waals surface area contributed by atoms with Crippen LogP contribution in [0.25, 0.3) is 0 Å². The highest BCUT2D eigenvalue weighted by Gasteiger charge is 2.36. The van der Waals surface area contributed by atoms with Crippen molar-refractivity contribution in [2.45, 2.75) is 50.0 Å². The fourth-order valence-electron chi connectivity index (χ4n) is 4.03. The summed E-state index contributed by atoms with van der Waals surface area (Å²) in [6.45, 7) is 1.53. The van der Waals surface area contributed by atoms with Gasteiger partial charge in [0.15, 0.2) is 11.5 Å². The summed E-state index contributed by atoms with van der Waals surface area (Å²) in [5, 5.41) is 0. The molecule has 0 aromatic heterocycles. The second-order valence-corrected chi connectivity index (χ2v) is 8.92. The molecule has 1 aliphatic heterocycles. The SMILES string of the molecule is COc1ccc(C2(CNS(=O)(=O)NC3CCCC3)CCOCC2)cc1OC. The predicted molar refractivity (Wildman–Crippen MR) is 104 cm³/mol. The summed E-state index contributed by atoms with van der Waals surface area (Å²) >= 11 is 0. The van der Waals surface area contributed by atoms with Gasteiger partial charge in [-0.2, -0.15) is 13.1 Å². The Balaban J connectivity index is 1.78. The Bertz CT molecular complexity index is 726. The van der Waals surface area contributed by atoms with Crippen molar-refractivity contribution < 1.29 is 22.6 Å². The summed E-state index contributed by atoms with van der Waals surface area (Å²) in [4.78, 5) is 0. The van der Waals surface area contributed by atoms with Crippen molar-refractivity contribution in [2.24, 2.45) is 0 Å². The van der Waals surface area contributed by atoms with Crippen LogP contribution in [0.3, 0.4) is 0 Å². The van der Waals surface area contributed by atoms with Gasteiger partial charge in [0.05, 0.1) is 14.2 Å². The van der Waals surface area contributed by atoms with E-state index in [0.29, 0.717) is 31.3 Å². The number of rotatable bonds is 8. The van der Waals surface area contributed by atoms with E-state index < -0.39 is 10.2 Å². The van der Waals surface area contributed by atoms with Gasteiger partial charge in [0.1, 0.15) is 0 Å². The molecule has 1 saturated heterocycles. The average molecular weight is 399 g/mol. The molecule has 8 heteroatoms. The van der Waals surface area contributed by atoms with Gasteiger partial charge in [-0.25, -0.2) is 4.72 Å². The Morgan fingerprint density at radius 2 is 1.78 bits per heavy atom. The van der Waals surface area contributed by atoms with E-state index in [-0.39, 0.29) is 11.5 Å². The van der Waals surface area contributed by atoms with E-state index in [1.165, 1.54) is 0 Å². The Morgan fingerprint density at radius 1 is 1.11 bits per heavy atom. The monoisotopic (exact) mass is 398 g/mol. The lowest BCUT2D eigenvalue weighted by Crippen LogP contribution is -2.49. The maximum atomic E-state index is 12.5. The molecule has 1 heterocycles. The maximum Gasteiger partial charge on any atom is 0.277 e. The minimum Gasteiger partial charge on any atom is -0.493 e. The van der Waals surface area contributed by atoms with Crippen molar-refractivity contribution in [1.82, 2.24) is 9.44 Å². The first-order chi connectivity index (χ1) is 13.0. The van der Waals surface area contributed by atoms with Crippen LogP contribution in [-0.4, -0.2) is 48.4 Å². The lowest BCUT2D eigenvalue weighted by molar-refractivity contribution is 0.0516. The van der Waals surface area contributed by atoms with Crippen molar-refractivity contribution in [3.8, 4) is 11.5 Å². The molecule has 0 amide bonds. The Kier molecular flexibility index (Phi) is 6.62. The summed E-state index contributed by atoms with van der Waals surface area (Å²) in [6, 6.07) is 5.86. The average Bonchev–Trinajstić information content (AvgIpc) is 3.19. The molecule has 2 N–H and O–H groups in total. The Labute approximate surface area is 162 Å². The van der Waals surface area contributed by atoms with Crippen LogP contribution in [0.4, 0.5) is 0 Å². The minimum atomic E-state index is -3.54. The molecule has 27 heavy (non-hydrogen) atoms. The molecule has 7 nitrogen and oxygen atoms in total. The molecule has 0 unspecified atom stereocenters. The summed E-state index contributed by atoms with van der Waals surface area (Å²) in [6.07, 6.45) is 5.48. The molecule has 1 aliphatic carbocycles. The molecule has 152 valence electrons. The van der Waals surface area contributed by atoms with Gasteiger partial charge in [-0.15, -0.1) is 0 Å². The largest absolute Gasteiger partial charge is 0.493 e. The van der Waals surface area contributed by atoms with E-state index in [9.17, 15) is 8.42 Å². The normalized spacial score (nSPS) is 20.5. The molecule has 1 saturated carbocycles. The molecule has 1 aromatic carbocycles. The lowest BCUT2D eigenvalue weighted by atomic mass is 9.74. The molecule has 0 atom stereocenters. The van der Waals surface area contributed by atoms with Gasteiger partial charge in [0.2, 0.25) is 0 Å². The van der Waals surface area contributed by atoms with E-state index in [1.807, 2.05) is 18.2 Å². The van der Waals surface area contributed by atoms with Crippen LogP contribution in [0.5, 0.6) is 11.5 Å². The van der Waals surface area contributed by atoms with Crippen LogP contribution in [0.2, 0.25) is 0 Å². The molecule has 0 bridgehead atoms. The maximum absolute atomic E-state index is 12.5. The quantitative estimate of drug-likeness (QED) is 0.701. The van der Waals surface area contributed by atoms with Gasteiger partial charge in [-0.05, 0) is 43.4 Å². The van der Waals surface area contributed by atoms with Gasteiger partial charge in [-0.1, -0.05) is 18.9 Å². The highest BCUT2D eigenvalue weighted by atomic mass is 32.2. The summed E-state index contributed by atoms with van der Waals surface area (Å²) in [5.41, 5.74) is 0.703. The molecule has 1 aromatic rings. The third-order valence-electron chi connectivity index (χ3n) is 5.72. The van der Waals surface area contributed by atoms with Gasteiger partial charge in [-0.3, -0.25) is 0 Å². The highest BCUT2D eigenvalue weighted by molar-refractivity contribution is 7.87. The zero-order valence-electron chi connectivity index (χ0n) is 16.1. The van der Waals surface area contributed by atoms with Crippen LogP contribution >= 0.6 is 0 Å². The first kappa shape index (κ1) is 20.4. The third-order valence-corrected chi connectivity index (χ3v) is 6.89. The van der Waals surface area contributed by atoms with Crippen LogP contribution in [-0.2, 0) is 20.4 Å². The van der Waals surface area contributed by atoms with Gasteiger partial charge >= 0.3 is 0 Å². The zero-order valence-corrected chi connectivity index (χ0v) is 16.9. The summed E-state index contributed by atoms with van der Waals surface area (Å²) < 4.78 is 46.9. The number of nitrogens with one attached hydrogen (secondary N) is 2. The van der Waals surface area contributed by atoms with Gasteiger partial charge in [0, 0.05) is 31.2 Å². The second kappa shape index (κ2) is 8.77. The molecule has 2 aliphatic rings. The highest BCUT2D eigenvalue weighted by Crippen LogP contribution is 2.39. The first-order valence-electron chi connectivity index (χ1n) is 9.55. The second-order valence-electron chi connectivity index (χ2n) is 7.39. The molecule has 3 rings (SSSR count). The zero-order chi connectivity index (χ0) is 19.3. The molecular formula is C19H30N2O5S. The predicted octanol–water partition coefficient (Wildman–Crippen LogP) is 2.12. The van der Waals surface area contributed by atoms with Gasteiger partial charge < -0.3 is 14.2 Å². The van der Waals surface area contributed by atoms with Gasteiger partial charge in [0.25, 0.3) is 10.2 Å². The fraction of sp³-hybridized carbons (Fsp3) is 0.684. The Morgan fingerprint density at radius 3 is 2.41 bits per heavy atom. The van der Waals surface area contributed by atoms with Crippen LogP contribution in [0.15, 0.2) is 18.2 Å². The smallest absolute Gasteiger partial charge is 0.277 e.